The first kappa shape index (κ1) is 21.1. The van der Waals surface area contributed by atoms with Crippen LogP contribution in [0.5, 0.6) is 5.88 Å². The van der Waals surface area contributed by atoms with Gasteiger partial charge in [0.15, 0.2) is 11.6 Å². The molecular formula is C23H18F2N4O3. The third kappa shape index (κ3) is 4.46. The number of carbonyl (C=O) groups excluding carboxylic acids is 1. The summed E-state index contributed by atoms with van der Waals surface area (Å²) in [6, 6.07) is 11.5. The van der Waals surface area contributed by atoms with Crippen molar-refractivity contribution >= 4 is 16.8 Å². The van der Waals surface area contributed by atoms with Crippen LogP contribution in [-0.2, 0) is 13.1 Å². The molecule has 0 aliphatic carbocycles. The number of hydrogen-bond acceptors (Lipinski definition) is 5. The standard InChI is InChI=1S/C23H18F2N4O3/c1-32-21-9-14(6-7-26-21)11-27-22(30)16-3-5-20-17(10-16)23(31)29(13-28-20)12-15-2-4-18(24)19(25)8-15/h2-10,13H,11-12H2,1H3,(H,27,30). The lowest BCUT2D eigenvalue weighted by Crippen LogP contribution is -2.24. The monoisotopic (exact) mass is 436 g/mol. The van der Waals surface area contributed by atoms with Crippen molar-refractivity contribution in [2.24, 2.45) is 0 Å². The number of rotatable bonds is 6. The molecule has 2 aromatic carbocycles. The van der Waals surface area contributed by atoms with Gasteiger partial charge in [-0.05, 0) is 47.5 Å². The molecule has 4 aromatic rings. The molecule has 0 saturated heterocycles. The van der Waals surface area contributed by atoms with Crippen LogP contribution in [0.2, 0.25) is 0 Å². The third-order valence-electron chi connectivity index (χ3n) is 4.88. The van der Waals surface area contributed by atoms with Crippen molar-refractivity contribution in [1.29, 1.82) is 0 Å². The molecule has 0 bridgehead atoms. The number of ether oxygens (including phenoxy) is 1. The maximum Gasteiger partial charge on any atom is 0.261 e. The second-order valence-corrected chi connectivity index (χ2v) is 7.05. The molecule has 2 aromatic heterocycles. The maximum absolute atomic E-state index is 13.5. The molecule has 0 saturated carbocycles. The fraction of sp³-hybridized carbons (Fsp3) is 0.130. The number of pyridine rings is 1. The molecule has 162 valence electrons. The van der Waals surface area contributed by atoms with E-state index >= 15 is 0 Å². The summed E-state index contributed by atoms with van der Waals surface area (Å²) < 4.78 is 33.0. The van der Waals surface area contributed by atoms with Crippen molar-refractivity contribution in [3.8, 4) is 5.88 Å². The second kappa shape index (κ2) is 8.93. The number of benzene rings is 2. The molecular weight excluding hydrogens is 418 g/mol. The van der Waals surface area contributed by atoms with Gasteiger partial charge in [-0.25, -0.2) is 18.7 Å². The Labute approximate surface area is 181 Å². The molecule has 1 amide bonds. The van der Waals surface area contributed by atoms with Crippen molar-refractivity contribution in [1.82, 2.24) is 19.9 Å². The van der Waals surface area contributed by atoms with Gasteiger partial charge in [0.25, 0.3) is 11.5 Å². The Morgan fingerprint density at radius 3 is 2.66 bits per heavy atom. The highest BCUT2D eigenvalue weighted by Crippen LogP contribution is 2.13. The predicted molar refractivity (Wildman–Crippen MR) is 113 cm³/mol. The van der Waals surface area contributed by atoms with Gasteiger partial charge in [-0.15, -0.1) is 0 Å². The van der Waals surface area contributed by atoms with Crippen molar-refractivity contribution < 1.29 is 18.3 Å². The van der Waals surface area contributed by atoms with Gasteiger partial charge in [-0.3, -0.25) is 14.2 Å². The largest absolute Gasteiger partial charge is 0.481 e. The van der Waals surface area contributed by atoms with Gasteiger partial charge in [0.1, 0.15) is 0 Å². The quantitative estimate of drug-likeness (QED) is 0.502. The molecule has 0 atom stereocenters. The Bertz CT molecular complexity index is 1370. The summed E-state index contributed by atoms with van der Waals surface area (Å²) in [4.78, 5) is 33.8. The molecule has 4 rings (SSSR count). The number of halogens is 2. The van der Waals surface area contributed by atoms with E-state index in [-0.39, 0.29) is 24.4 Å². The van der Waals surface area contributed by atoms with Crippen molar-refractivity contribution in [3.63, 3.8) is 0 Å². The van der Waals surface area contributed by atoms with Crippen molar-refractivity contribution in [2.45, 2.75) is 13.1 Å². The Morgan fingerprint density at radius 1 is 1.03 bits per heavy atom. The summed E-state index contributed by atoms with van der Waals surface area (Å²) in [5.41, 5.74) is 1.54. The minimum Gasteiger partial charge on any atom is -0.481 e. The van der Waals surface area contributed by atoms with Crippen LogP contribution >= 0.6 is 0 Å². The highest BCUT2D eigenvalue weighted by molar-refractivity contribution is 5.97. The Morgan fingerprint density at radius 2 is 1.88 bits per heavy atom. The second-order valence-electron chi connectivity index (χ2n) is 7.05. The third-order valence-corrected chi connectivity index (χ3v) is 4.88. The van der Waals surface area contributed by atoms with E-state index in [4.69, 9.17) is 4.74 Å². The lowest BCUT2D eigenvalue weighted by atomic mass is 10.1. The van der Waals surface area contributed by atoms with Gasteiger partial charge >= 0.3 is 0 Å². The van der Waals surface area contributed by atoms with E-state index in [9.17, 15) is 18.4 Å². The zero-order chi connectivity index (χ0) is 22.7. The van der Waals surface area contributed by atoms with Crippen LogP contribution in [-0.4, -0.2) is 27.6 Å². The number of fused-ring (bicyclic) bond motifs is 1. The average molecular weight is 436 g/mol. The SMILES string of the molecule is COc1cc(CNC(=O)c2ccc3ncn(Cc4ccc(F)c(F)c4)c(=O)c3c2)ccn1. The van der Waals surface area contributed by atoms with E-state index in [0.717, 1.165) is 17.7 Å². The maximum atomic E-state index is 13.5. The van der Waals surface area contributed by atoms with E-state index in [0.29, 0.717) is 22.5 Å². The van der Waals surface area contributed by atoms with E-state index in [1.165, 1.54) is 30.1 Å². The molecule has 0 aliphatic rings. The molecule has 0 radical (unpaired) electrons. The number of nitrogens with one attached hydrogen (secondary N) is 1. The van der Waals surface area contributed by atoms with E-state index in [1.54, 1.807) is 30.5 Å². The van der Waals surface area contributed by atoms with E-state index < -0.39 is 17.2 Å². The van der Waals surface area contributed by atoms with E-state index in [1.807, 2.05) is 0 Å². The number of nitrogens with zero attached hydrogens (tertiary/aromatic N) is 3. The van der Waals surface area contributed by atoms with Crippen LogP contribution in [0.3, 0.4) is 0 Å². The Hall–Kier alpha value is -4.14. The van der Waals surface area contributed by atoms with Crippen LogP contribution in [0.25, 0.3) is 10.9 Å². The zero-order valence-electron chi connectivity index (χ0n) is 17.0. The molecule has 0 unspecified atom stereocenters. The van der Waals surface area contributed by atoms with Gasteiger partial charge in [-0.1, -0.05) is 6.07 Å². The molecule has 1 N–H and O–H groups in total. The summed E-state index contributed by atoms with van der Waals surface area (Å²) in [6.45, 7) is 0.266. The molecule has 0 aliphatic heterocycles. The molecule has 2 heterocycles. The number of carbonyl (C=O) groups is 1. The Balaban J connectivity index is 1.56. The number of methoxy groups -OCH3 is 1. The predicted octanol–water partition coefficient (Wildman–Crippen LogP) is 3.06. The van der Waals surface area contributed by atoms with Gasteiger partial charge in [-0.2, -0.15) is 0 Å². The minimum atomic E-state index is -0.991. The van der Waals surface area contributed by atoms with Crippen molar-refractivity contribution in [2.75, 3.05) is 7.11 Å². The first-order chi connectivity index (χ1) is 15.4. The fourth-order valence-corrected chi connectivity index (χ4v) is 3.20. The summed E-state index contributed by atoms with van der Waals surface area (Å²) in [5, 5.41) is 3.03. The highest BCUT2D eigenvalue weighted by Gasteiger charge is 2.11. The summed E-state index contributed by atoms with van der Waals surface area (Å²) in [5.74, 6) is -1.87. The molecule has 0 fully saturated rings. The number of aromatic nitrogens is 3. The normalized spacial score (nSPS) is 10.8. The Kier molecular flexibility index (Phi) is 5.89. The van der Waals surface area contributed by atoms with Gasteiger partial charge in [0, 0.05) is 24.4 Å². The van der Waals surface area contributed by atoms with Crippen LogP contribution < -0.4 is 15.6 Å². The van der Waals surface area contributed by atoms with Crippen LogP contribution in [0.1, 0.15) is 21.5 Å². The summed E-state index contributed by atoms with van der Waals surface area (Å²) >= 11 is 0. The first-order valence-corrected chi connectivity index (χ1v) is 9.65. The first-order valence-electron chi connectivity index (χ1n) is 9.65. The van der Waals surface area contributed by atoms with E-state index in [2.05, 4.69) is 15.3 Å². The highest BCUT2D eigenvalue weighted by atomic mass is 19.2. The van der Waals surface area contributed by atoms with Gasteiger partial charge < -0.3 is 10.1 Å². The number of hydrogen-bond donors (Lipinski definition) is 1. The van der Waals surface area contributed by atoms with Crippen LogP contribution in [0.15, 0.2) is 65.8 Å². The zero-order valence-corrected chi connectivity index (χ0v) is 17.0. The topological polar surface area (TPSA) is 86.1 Å². The van der Waals surface area contributed by atoms with Crippen LogP contribution in [0, 0.1) is 11.6 Å². The lowest BCUT2D eigenvalue weighted by Gasteiger charge is -2.09. The van der Waals surface area contributed by atoms with Gasteiger partial charge in [0.2, 0.25) is 5.88 Å². The smallest absolute Gasteiger partial charge is 0.261 e. The van der Waals surface area contributed by atoms with Crippen LogP contribution in [0.4, 0.5) is 8.78 Å². The van der Waals surface area contributed by atoms with Crippen molar-refractivity contribution in [3.05, 3.63) is 99.7 Å². The molecule has 9 heteroatoms. The average Bonchev–Trinajstić information content (AvgIpc) is 2.81. The molecule has 7 nitrogen and oxygen atoms in total. The summed E-state index contributed by atoms with van der Waals surface area (Å²) in [7, 11) is 1.51. The fourth-order valence-electron chi connectivity index (χ4n) is 3.20. The summed E-state index contributed by atoms with van der Waals surface area (Å²) in [6.07, 6.45) is 2.92. The number of amides is 1. The van der Waals surface area contributed by atoms with Gasteiger partial charge in [0.05, 0.1) is 30.9 Å². The molecule has 32 heavy (non-hydrogen) atoms. The molecule has 0 spiro atoms. The lowest BCUT2D eigenvalue weighted by molar-refractivity contribution is 0.0951. The minimum absolute atomic E-state index is 0.0132.